The van der Waals surface area contributed by atoms with Gasteiger partial charge in [0, 0.05) is 5.69 Å². The van der Waals surface area contributed by atoms with E-state index >= 15 is 0 Å². The molecule has 0 aliphatic carbocycles. The van der Waals surface area contributed by atoms with E-state index in [9.17, 15) is 12.9 Å². The first-order valence-electron chi connectivity index (χ1n) is 3.34. The van der Waals surface area contributed by atoms with Gasteiger partial charge < -0.3 is 18.7 Å². The van der Waals surface area contributed by atoms with Crippen molar-refractivity contribution in [3.8, 4) is 0 Å². The average Bonchev–Trinajstić information content (AvgIpc) is 1.83. The first-order valence-corrected chi connectivity index (χ1v) is 3.34. The van der Waals surface area contributed by atoms with Gasteiger partial charge in [0.25, 0.3) is 0 Å². The monoisotopic (exact) mass is 214 g/mol. The van der Waals surface area contributed by atoms with Gasteiger partial charge in [0.15, 0.2) is 0 Å². The number of halogens is 3. The van der Waals surface area contributed by atoms with Crippen LogP contribution in [0.25, 0.3) is 0 Å². The third kappa shape index (κ3) is 3.59. The van der Waals surface area contributed by atoms with Crippen molar-refractivity contribution in [3.63, 3.8) is 0 Å². The van der Waals surface area contributed by atoms with Gasteiger partial charge in [0.05, 0.1) is 0 Å². The molecule has 0 amide bonds. The molecule has 1 heterocycles. The molecule has 0 bridgehead atoms. The molecule has 1 rings (SSSR count). The molecule has 0 spiro atoms. The molecule has 13 heavy (non-hydrogen) atoms. The van der Waals surface area contributed by atoms with Crippen LogP contribution in [-0.4, -0.2) is 12.0 Å². The molecule has 1 aromatic heterocycles. The number of hydrogen-bond donors (Lipinski definition) is 1. The molecule has 0 radical (unpaired) electrons. The summed E-state index contributed by atoms with van der Waals surface area (Å²) >= 11 is 0. The number of nitrogens with zero attached hydrogens (tertiary/aromatic N) is 1. The molecule has 0 saturated carbocycles. The molecule has 0 fully saturated rings. The van der Waals surface area contributed by atoms with Crippen LogP contribution in [0.2, 0.25) is 0 Å². The fourth-order valence-corrected chi connectivity index (χ4v) is 0.937. The summed E-state index contributed by atoms with van der Waals surface area (Å²) in [5.41, 5.74) is 4.46. The van der Waals surface area contributed by atoms with Gasteiger partial charge in [-0.3, -0.25) is 0 Å². The third-order valence-corrected chi connectivity index (χ3v) is 1.50. The second kappa shape index (κ2) is 4.79. The van der Waals surface area contributed by atoms with E-state index in [0.717, 1.165) is 12.1 Å². The summed E-state index contributed by atoms with van der Waals surface area (Å²) in [4.78, 5) is 3.51. The largest absolute Gasteiger partial charge is 1.00 e. The molecule has 1 aromatic rings. The van der Waals surface area contributed by atoms with Crippen molar-refractivity contribution in [2.45, 2.75) is 6.92 Å². The van der Waals surface area contributed by atoms with Gasteiger partial charge in [-0.1, -0.05) is 11.5 Å². The summed E-state index contributed by atoms with van der Waals surface area (Å²) in [5, 5.41) is 0. The Bertz CT molecular complexity index is 302. The van der Waals surface area contributed by atoms with E-state index in [-0.39, 0.29) is 62.9 Å². The van der Waals surface area contributed by atoms with Crippen LogP contribution in [0, 0.1) is 6.92 Å². The minimum atomic E-state index is -4.96. The Kier molecular flexibility index (Phi) is 4.95. The minimum absolute atomic E-state index is 0. The predicted octanol–water partition coefficient (Wildman–Crippen LogP) is -1.97. The van der Waals surface area contributed by atoms with Crippen molar-refractivity contribution in [2.24, 2.45) is 0 Å². The quantitative estimate of drug-likeness (QED) is 0.551. The number of nitrogens with two attached hydrogens (primary N) is 1. The van der Waals surface area contributed by atoms with E-state index in [1.165, 1.54) is 6.92 Å². The van der Waals surface area contributed by atoms with Crippen LogP contribution in [0.3, 0.4) is 0 Å². The van der Waals surface area contributed by atoms with E-state index < -0.39 is 12.4 Å². The van der Waals surface area contributed by atoms with Crippen LogP contribution in [0.1, 0.15) is 5.69 Å². The summed E-state index contributed by atoms with van der Waals surface area (Å²) in [6.45, 7) is -3.67. The van der Waals surface area contributed by atoms with E-state index in [1.807, 2.05) is 0 Å². The van der Waals surface area contributed by atoms with Crippen molar-refractivity contribution < 1.29 is 64.3 Å². The van der Waals surface area contributed by atoms with Crippen LogP contribution < -0.4 is 62.6 Å². The maximum atomic E-state index is 12.2. The van der Waals surface area contributed by atoms with Gasteiger partial charge in [-0.05, 0) is 13.0 Å². The summed E-state index contributed by atoms with van der Waals surface area (Å²) < 4.78 is 36.5. The van der Waals surface area contributed by atoms with E-state index in [0.29, 0.717) is 0 Å². The van der Waals surface area contributed by atoms with E-state index in [2.05, 4.69) is 4.98 Å². The zero-order valence-electron chi connectivity index (χ0n) is 7.39. The molecule has 0 atom stereocenters. The van der Waals surface area contributed by atoms with Crippen molar-refractivity contribution >= 4 is 18.3 Å². The topological polar surface area (TPSA) is 38.9 Å². The molecule has 7 heteroatoms. The Labute approximate surface area is 117 Å². The number of rotatable bonds is 1. The zero-order chi connectivity index (χ0) is 9.35. The van der Waals surface area contributed by atoms with Crippen molar-refractivity contribution in [1.29, 1.82) is 0 Å². The molecule has 66 valence electrons. The summed E-state index contributed by atoms with van der Waals surface area (Å²) in [6.07, 6.45) is 0. The zero-order valence-corrected chi connectivity index (χ0v) is 10.5. The van der Waals surface area contributed by atoms with Crippen LogP contribution in [0.5, 0.6) is 0 Å². The summed E-state index contributed by atoms with van der Waals surface area (Å²) in [6, 6.07) is 2.11. The molecule has 0 unspecified atom stereocenters. The fourth-order valence-electron chi connectivity index (χ4n) is 0.937. The van der Waals surface area contributed by atoms with Gasteiger partial charge >= 0.3 is 58.4 Å². The molecule has 2 nitrogen and oxygen atoms in total. The Morgan fingerprint density at radius 1 is 1.31 bits per heavy atom. The first-order chi connectivity index (χ1) is 5.41. The van der Waals surface area contributed by atoms with E-state index in [4.69, 9.17) is 5.73 Å². The van der Waals surface area contributed by atoms with E-state index in [1.54, 1.807) is 0 Å². The fraction of sp³-hybridized carbons (Fsp3) is 0.167. The maximum absolute atomic E-state index is 12.2. The molecule has 2 N–H and O–H groups in total. The average molecular weight is 214 g/mol. The van der Waals surface area contributed by atoms with Gasteiger partial charge in [0.1, 0.15) is 5.82 Å². The number of pyridine rings is 1. The SMILES string of the molecule is Cc1nc(N)ccc1[B-](F)(F)F.[K+]. The second-order valence-corrected chi connectivity index (χ2v) is 2.49. The molecule has 0 aliphatic heterocycles. The first kappa shape index (κ1) is 13.4. The van der Waals surface area contributed by atoms with Crippen LogP contribution in [-0.2, 0) is 0 Å². The van der Waals surface area contributed by atoms with Gasteiger partial charge in [-0.15, -0.1) is 0 Å². The van der Waals surface area contributed by atoms with Crippen molar-refractivity contribution in [3.05, 3.63) is 17.8 Å². The standard InChI is InChI=1S/C6H7BF3N2.K/c1-4-5(7(8,9)10)2-3-6(11)12-4;/h2-3H,1H3,(H2,11,12);/q-1;+1. The third-order valence-electron chi connectivity index (χ3n) is 1.50. The predicted molar refractivity (Wildman–Crippen MR) is 42.1 cm³/mol. The van der Waals surface area contributed by atoms with Crippen LogP contribution >= 0.6 is 0 Å². The maximum Gasteiger partial charge on any atom is 1.00 e. The number of anilines is 1. The Morgan fingerprint density at radius 3 is 2.23 bits per heavy atom. The summed E-state index contributed by atoms with van der Waals surface area (Å²) in [5.74, 6) is 0.108. The normalized spacial score (nSPS) is 10.8. The summed E-state index contributed by atoms with van der Waals surface area (Å²) in [7, 11) is 0. The van der Waals surface area contributed by atoms with Crippen molar-refractivity contribution in [2.75, 3.05) is 5.73 Å². The number of nitrogen functional groups attached to an aromatic ring is 1. The Morgan fingerprint density at radius 2 is 1.85 bits per heavy atom. The number of hydrogen-bond acceptors (Lipinski definition) is 2. The molecule has 0 aromatic carbocycles. The Hall–Kier alpha value is 0.441. The van der Waals surface area contributed by atoms with Gasteiger partial charge in [-0.25, -0.2) is 4.98 Å². The minimum Gasteiger partial charge on any atom is -0.445 e. The smallest absolute Gasteiger partial charge is 0.445 e. The van der Waals surface area contributed by atoms with Gasteiger partial charge in [-0.2, -0.15) is 0 Å². The molecule has 0 aliphatic rings. The van der Waals surface area contributed by atoms with Crippen LogP contribution in [0.4, 0.5) is 18.8 Å². The second-order valence-electron chi connectivity index (χ2n) is 2.49. The van der Waals surface area contributed by atoms with Gasteiger partial charge in [0.2, 0.25) is 0 Å². The molecule has 0 saturated heterocycles. The number of aromatic nitrogens is 1. The Balaban J connectivity index is 0.00000144. The van der Waals surface area contributed by atoms with Crippen LogP contribution in [0.15, 0.2) is 12.1 Å². The molecular formula is C6H7BF3KN2. The number of aryl methyl sites for hydroxylation is 1. The van der Waals surface area contributed by atoms with Crippen molar-refractivity contribution in [1.82, 2.24) is 4.98 Å². The molecular weight excluding hydrogens is 207 g/mol.